The SMILES string of the molecule is CNCc1cccc(Cl)c1N(CC(N)=O)C1CCCC1. The van der Waals surface area contributed by atoms with Crippen LogP contribution in [0, 0.1) is 0 Å². The van der Waals surface area contributed by atoms with Crippen LogP contribution in [0.15, 0.2) is 18.2 Å². The van der Waals surface area contributed by atoms with Crippen LogP contribution in [0.1, 0.15) is 31.2 Å². The molecule has 1 aromatic carbocycles. The third kappa shape index (κ3) is 3.44. The van der Waals surface area contributed by atoms with Gasteiger partial charge in [0.05, 0.1) is 17.3 Å². The van der Waals surface area contributed by atoms with Gasteiger partial charge in [-0.1, -0.05) is 36.6 Å². The molecule has 110 valence electrons. The van der Waals surface area contributed by atoms with Gasteiger partial charge in [0.25, 0.3) is 0 Å². The smallest absolute Gasteiger partial charge is 0.236 e. The van der Waals surface area contributed by atoms with Crippen molar-refractivity contribution in [2.75, 3.05) is 18.5 Å². The van der Waals surface area contributed by atoms with E-state index in [-0.39, 0.29) is 12.5 Å². The Balaban J connectivity index is 2.38. The van der Waals surface area contributed by atoms with E-state index in [1.165, 1.54) is 12.8 Å². The molecule has 0 atom stereocenters. The molecule has 4 nitrogen and oxygen atoms in total. The first kappa shape index (κ1) is 15.1. The highest BCUT2D eigenvalue weighted by Gasteiger charge is 2.27. The number of hydrogen-bond acceptors (Lipinski definition) is 3. The minimum atomic E-state index is -0.313. The summed E-state index contributed by atoms with van der Waals surface area (Å²) in [6.45, 7) is 0.947. The Hall–Kier alpha value is -1.26. The van der Waals surface area contributed by atoms with Gasteiger partial charge in [-0.2, -0.15) is 0 Å². The van der Waals surface area contributed by atoms with Crippen LogP contribution in [-0.4, -0.2) is 25.5 Å². The average Bonchev–Trinajstić information content (AvgIpc) is 2.91. The molecule has 0 bridgehead atoms. The molecular weight excluding hydrogens is 274 g/mol. The van der Waals surface area contributed by atoms with Crippen molar-refractivity contribution < 1.29 is 4.79 Å². The van der Waals surface area contributed by atoms with Gasteiger partial charge in [-0.3, -0.25) is 4.79 Å². The number of carbonyl (C=O) groups is 1. The average molecular weight is 296 g/mol. The number of hydrogen-bond donors (Lipinski definition) is 2. The van der Waals surface area contributed by atoms with Gasteiger partial charge in [-0.05, 0) is 31.5 Å². The van der Waals surface area contributed by atoms with Gasteiger partial charge in [-0.25, -0.2) is 0 Å². The van der Waals surface area contributed by atoms with Crippen LogP contribution in [-0.2, 0) is 11.3 Å². The monoisotopic (exact) mass is 295 g/mol. The number of amides is 1. The van der Waals surface area contributed by atoms with Crippen molar-refractivity contribution in [1.82, 2.24) is 5.32 Å². The van der Waals surface area contributed by atoms with Crippen molar-refractivity contribution in [3.63, 3.8) is 0 Å². The number of anilines is 1. The number of halogens is 1. The fourth-order valence-electron chi connectivity index (χ4n) is 2.99. The van der Waals surface area contributed by atoms with Crippen LogP contribution >= 0.6 is 11.6 Å². The Kier molecular flexibility index (Phi) is 5.26. The number of nitrogens with one attached hydrogen (secondary N) is 1. The normalized spacial score (nSPS) is 15.5. The molecule has 0 radical (unpaired) electrons. The molecule has 1 amide bonds. The van der Waals surface area contributed by atoms with Gasteiger partial charge in [0.15, 0.2) is 0 Å². The third-order valence-electron chi connectivity index (χ3n) is 3.82. The minimum Gasteiger partial charge on any atom is -0.368 e. The van der Waals surface area contributed by atoms with E-state index in [0.717, 1.165) is 30.6 Å². The van der Waals surface area contributed by atoms with Crippen LogP contribution in [0.25, 0.3) is 0 Å². The molecule has 5 heteroatoms. The molecule has 0 saturated heterocycles. The maximum absolute atomic E-state index is 11.4. The Morgan fingerprint density at radius 3 is 2.75 bits per heavy atom. The summed E-state index contributed by atoms with van der Waals surface area (Å²) < 4.78 is 0. The second-order valence-electron chi connectivity index (χ2n) is 5.31. The molecule has 1 aromatic rings. The Bertz CT molecular complexity index is 472. The van der Waals surface area contributed by atoms with Crippen LogP contribution in [0.2, 0.25) is 5.02 Å². The summed E-state index contributed by atoms with van der Waals surface area (Å²) in [7, 11) is 1.90. The zero-order valence-corrected chi connectivity index (χ0v) is 12.6. The van der Waals surface area contributed by atoms with Crippen LogP contribution in [0.4, 0.5) is 5.69 Å². The standard InChI is InChI=1S/C15H22ClN3O/c1-18-9-11-5-4-8-13(16)15(11)19(10-14(17)20)12-6-2-3-7-12/h4-5,8,12,18H,2-3,6-7,9-10H2,1H3,(H2,17,20). The fraction of sp³-hybridized carbons (Fsp3) is 0.533. The fourth-order valence-corrected chi connectivity index (χ4v) is 3.29. The van der Waals surface area contributed by atoms with Crippen molar-refractivity contribution in [3.05, 3.63) is 28.8 Å². The summed E-state index contributed by atoms with van der Waals surface area (Å²) in [6, 6.07) is 6.22. The number of carbonyl (C=O) groups excluding carboxylic acids is 1. The molecule has 2 rings (SSSR count). The van der Waals surface area contributed by atoms with Crippen molar-refractivity contribution in [2.45, 2.75) is 38.3 Å². The molecular formula is C15H22ClN3O. The first-order valence-corrected chi connectivity index (χ1v) is 7.48. The summed E-state index contributed by atoms with van der Waals surface area (Å²) >= 11 is 6.40. The van der Waals surface area contributed by atoms with E-state index in [2.05, 4.69) is 10.2 Å². The van der Waals surface area contributed by atoms with E-state index in [4.69, 9.17) is 17.3 Å². The number of para-hydroxylation sites is 1. The van der Waals surface area contributed by atoms with Crippen LogP contribution in [0.3, 0.4) is 0 Å². The number of benzene rings is 1. The first-order valence-electron chi connectivity index (χ1n) is 7.10. The molecule has 1 saturated carbocycles. The molecule has 1 aliphatic carbocycles. The number of rotatable bonds is 6. The van der Waals surface area contributed by atoms with Gasteiger partial charge in [0, 0.05) is 12.6 Å². The van der Waals surface area contributed by atoms with Gasteiger partial charge >= 0.3 is 0 Å². The van der Waals surface area contributed by atoms with E-state index in [1.807, 2.05) is 25.2 Å². The molecule has 3 N–H and O–H groups in total. The second kappa shape index (κ2) is 6.95. The van der Waals surface area contributed by atoms with Gasteiger partial charge < -0.3 is 16.0 Å². The lowest BCUT2D eigenvalue weighted by atomic mass is 10.1. The van der Waals surface area contributed by atoms with E-state index < -0.39 is 0 Å². The predicted molar refractivity (Wildman–Crippen MR) is 83.0 cm³/mol. The molecule has 0 spiro atoms. The summed E-state index contributed by atoms with van der Waals surface area (Å²) in [5.41, 5.74) is 7.49. The van der Waals surface area contributed by atoms with Crippen LogP contribution < -0.4 is 16.0 Å². The molecule has 0 unspecified atom stereocenters. The summed E-state index contributed by atoms with van der Waals surface area (Å²) in [5.74, 6) is -0.313. The largest absolute Gasteiger partial charge is 0.368 e. The number of nitrogens with zero attached hydrogens (tertiary/aromatic N) is 1. The van der Waals surface area contributed by atoms with E-state index in [1.54, 1.807) is 0 Å². The molecule has 0 aromatic heterocycles. The third-order valence-corrected chi connectivity index (χ3v) is 4.12. The lowest BCUT2D eigenvalue weighted by Gasteiger charge is -2.32. The van der Waals surface area contributed by atoms with Crippen molar-refractivity contribution in [3.8, 4) is 0 Å². The maximum Gasteiger partial charge on any atom is 0.236 e. The quantitative estimate of drug-likeness (QED) is 0.846. The summed E-state index contributed by atoms with van der Waals surface area (Å²) in [5, 5.41) is 3.83. The molecule has 20 heavy (non-hydrogen) atoms. The van der Waals surface area contributed by atoms with Crippen molar-refractivity contribution in [2.24, 2.45) is 5.73 Å². The summed E-state index contributed by atoms with van der Waals surface area (Å²) in [6.07, 6.45) is 4.59. The second-order valence-corrected chi connectivity index (χ2v) is 5.72. The maximum atomic E-state index is 11.4. The topological polar surface area (TPSA) is 58.4 Å². The zero-order chi connectivity index (χ0) is 14.5. The lowest BCUT2D eigenvalue weighted by molar-refractivity contribution is -0.116. The van der Waals surface area contributed by atoms with E-state index in [0.29, 0.717) is 11.1 Å². The van der Waals surface area contributed by atoms with Crippen molar-refractivity contribution >= 4 is 23.2 Å². The molecule has 0 heterocycles. The van der Waals surface area contributed by atoms with Gasteiger partial charge in [0.2, 0.25) is 5.91 Å². The van der Waals surface area contributed by atoms with E-state index in [9.17, 15) is 4.79 Å². The highest BCUT2D eigenvalue weighted by molar-refractivity contribution is 6.33. The predicted octanol–water partition coefficient (Wildman–Crippen LogP) is 2.29. The Labute approximate surface area is 125 Å². The molecule has 0 aliphatic heterocycles. The highest BCUT2D eigenvalue weighted by Crippen LogP contribution is 2.35. The molecule has 1 fully saturated rings. The van der Waals surface area contributed by atoms with Gasteiger partial charge in [0.1, 0.15) is 0 Å². The zero-order valence-electron chi connectivity index (χ0n) is 11.9. The van der Waals surface area contributed by atoms with Crippen LogP contribution in [0.5, 0.6) is 0 Å². The first-order chi connectivity index (χ1) is 9.63. The Morgan fingerprint density at radius 2 is 2.15 bits per heavy atom. The van der Waals surface area contributed by atoms with Gasteiger partial charge in [-0.15, -0.1) is 0 Å². The Morgan fingerprint density at radius 1 is 1.45 bits per heavy atom. The minimum absolute atomic E-state index is 0.227. The highest BCUT2D eigenvalue weighted by atomic mass is 35.5. The summed E-state index contributed by atoms with van der Waals surface area (Å²) in [4.78, 5) is 13.5. The number of primary amides is 1. The van der Waals surface area contributed by atoms with Crippen molar-refractivity contribution in [1.29, 1.82) is 0 Å². The van der Waals surface area contributed by atoms with E-state index >= 15 is 0 Å². The lowest BCUT2D eigenvalue weighted by Crippen LogP contribution is -2.41. The molecule has 1 aliphatic rings. The number of nitrogens with two attached hydrogens (primary N) is 1.